The molecular formula is C10H7F2NO. The van der Waals surface area contributed by atoms with Crippen molar-refractivity contribution in [3.8, 4) is 11.8 Å². The summed E-state index contributed by atoms with van der Waals surface area (Å²) in [6.45, 7) is 0. The van der Waals surface area contributed by atoms with E-state index in [1.807, 2.05) is 0 Å². The maximum absolute atomic E-state index is 13.1. The first kappa shape index (κ1) is 10.2. The molecule has 72 valence electrons. The second-order valence-electron chi connectivity index (χ2n) is 2.48. The van der Waals surface area contributed by atoms with E-state index in [-0.39, 0.29) is 5.56 Å². The lowest BCUT2D eigenvalue weighted by atomic mass is 10.2. The number of nitriles is 1. The molecule has 0 atom stereocenters. The van der Waals surface area contributed by atoms with Crippen LogP contribution in [0.25, 0.3) is 6.08 Å². The zero-order chi connectivity index (χ0) is 10.6. The van der Waals surface area contributed by atoms with Gasteiger partial charge in [-0.15, -0.1) is 0 Å². The van der Waals surface area contributed by atoms with Crippen LogP contribution in [0.4, 0.5) is 8.78 Å². The Labute approximate surface area is 80.0 Å². The number of methoxy groups -OCH3 is 1. The van der Waals surface area contributed by atoms with Crippen LogP contribution >= 0.6 is 0 Å². The quantitative estimate of drug-likeness (QED) is 0.679. The monoisotopic (exact) mass is 195 g/mol. The van der Waals surface area contributed by atoms with E-state index in [2.05, 4.69) is 4.74 Å². The molecule has 4 heteroatoms. The molecule has 0 aliphatic heterocycles. The van der Waals surface area contributed by atoms with Gasteiger partial charge in [-0.2, -0.15) is 5.26 Å². The molecule has 0 saturated heterocycles. The number of hydrogen-bond acceptors (Lipinski definition) is 2. The highest BCUT2D eigenvalue weighted by atomic mass is 19.1. The minimum Gasteiger partial charge on any atom is -0.491 e. The summed E-state index contributed by atoms with van der Waals surface area (Å²) >= 11 is 0. The molecule has 0 amide bonds. The molecule has 1 aromatic rings. The molecular weight excluding hydrogens is 188 g/mol. The number of rotatable bonds is 2. The van der Waals surface area contributed by atoms with Gasteiger partial charge < -0.3 is 4.74 Å². The third-order valence-corrected chi connectivity index (χ3v) is 1.58. The maximum Gasteiger partial charge on any atom is 0.190 e. The number of ether oxygens (including phenoxy) is 1. The summed E-state index contributed by atoms with van der Waals surface area (Å²) in [6.07, 6.45) is 2.45. The topological polar surface area (TPSA) is 33.0 Å². The third-order valence-electron chi connectivity index (χ3n) is 1.58. The van der Waals surface area contributed by atoms with Gasteiger partial charge in [-0.05, 0) is 23.8 Å². The lowest BCUT2D eigenvalue weighted by molar-refractivity contribution is 0.360. The molecule has 1 aromatic carbocycles. The maximum atomic E-state index is 13.1. The molecule has 0 fully saturated rings. The van der Waals surface area contributed by atoms with Gasteiger partial charge in [-0.25, -0.2) is 8.78 Å². The van der Waals surface area contributed by atoms with Crippen molar-refractivity contribution in [3.05, 3.63) is 35.4 Å². The fraction of sp³-hybridized carbons (Fsp3) is 0.100. The number of nitrogens with zero attached hydrogens (tertiary/aromatic N) is 1. The largest absolute Gasteiger partial charge is 0.491 e. The van der Waals surface area contributed by atoms with Crippen LogP contribution < -0.4 is 4.74 Å². The number of allylic oxidation sites excluding steroid dienone is 1. The predicted molar refractivity (Wildman–Crippen MR) is 47.6 cm³/mol. The zero-order valence-electron chi connectivity index (χ0n) is 7.42. The smallest absolute Gasteiger partial charge is 0.190 e. The number of halogens is 2. The van der Waals surface area contributed by atoms with Crippen LogP contribution in [0.15, 0.2) is 18.2 Å². The van der Waals surface area contributed by atoms with Crippen LogP contribution in [0, 0.1) is 23.0 Å². The van der Waals surface area contributed by atoms with E-state index in [9.17, 15) is 8.78 Å². The summed E-state index contributed by atoms with van der Waals surface area (Å²) < 4.78 is 30.6. The Hall–Kier alpha value is -1.89. The minimum atomic E-state index is -0.787. The Morgan fingerprint density at radius 2 is 1.93 bits per heavy atom. The first-order chi connectivity index (χ1) is 6.69. The van der Waals surface area contributed by atoms with Gasteiger partial charge in [0, 0.05) is 6.08 Å². The molecule has 0 unspecified atom stereocenters. The molecule has 0 spiro atoms. The van der Waals surface area contributed by atoms with Gasteiger partial charge in [0.1, 0.15) is 0 Å². The van der Waals surface area contributed by atoms with E-state index < -0.39 is 17.4 Å². The average Bonchev–Trinajstić information content (AvgIpc) is 2.14. The summed E-state index contributed by atoms with van der Waals surface area (Å²) in [7, 11) is 1.19. The minimum absolute atomic E-state index is 0.280. The highest BCUT2D eigenvalue weighted by Gasteiger charge is 2.09. The molecule has 2 nitrogen and oxygen atoms in total. The molecule has 0 aliphatic carbocycles. The van der Waals surface area contributed by atoms with Crippen molar-refractivity contribution in [1.29, 1.82) is 5.26 Å². The predicted octanol–water partition coefficient (Wildman–Crippen LogP) is 2.51. The first-order valence-corrected chi connectivity index (χ1v) is 3.78. The molecule has 0 heterocycles. The second-order valence-corrected chi connectivity index (χ2v) is 2.48. The first-order valence-electron chi connectivity index (χ1n) is 3.78. The van der Waals surface area contributed by atoms with Crippen LogP contribution in [0.2, 0.25) is 0 Å². The number of benzene rings is 1. The van der Waals surface area contributed by atoms with Crippen molar-refractivity contribution >= 4 is 6.08 Å². The fourth-order valence-corrected chi connectivity index (χ4v) is 1.00. The van der Waals surface area contributed by atoms with Gasteiger partial charge in [0.2, 0.25) is 0 Å². The van der Waals surface area contributed by atoms with Crippen molar-refractivity contribution in [1.82, 2.24) is 0 Å². The van der Waals surface area contributed by atoms with Crippen LogP contribution in [0.3, 0.4) is 0 Å². The van der Waals surface area contributed by atoms with Crippen molar-refractivity contribution in [2.24, 2.45) is 0 Å². The van der Waals surface area contributed by atoms with Crippen molar-refractivity contribution in [2.45, 2.75) is 0 Å². The molecule has 0 radical (unpaired) electrons. The van der Waals surface area contributed by atoms with Crippen molar-refractivity contribution < 1.29 is 13.5 Å². The fourth-order valence-electron chi connectivity index (χ4n) is 1.00. The Balaban J connectivity index is 3.15. The van der Waals surface area contributed by atoms with Gasteiger partial charge in [-0.3, -0.25) is 0 Å². The van der Waals surface area contributed by atoms with E-state index in [0.717, 1.165) is 18.2 Å². The van der Waals surface area contributed by atoms with Gasteiger partial charge in [0.05, 0.1) is 13.2 Å². The van der Waals surface area contributed by atoms with E-state index >= 15 is 0 Å². The third kappa shape index (κ3) is 2.07. The van der Waals surface area contributed by atoms with Gasteiger partial charge in [0.25, 0.3) is 0 Å². The van der Waals surface area contributed by atoms with Crippen LogP contribution in [0.5, 0.6) is 5.75 Å². The number of hydrogen-bond donors (Lipinski definition) is 0. The summed E-state index contributed by atoms with van der Waals surface area (Å²) in [5.74, 6) is -1.99. The lowest BCUT2D eigenvalue weighted by Gasteiger charge is -2.03. The summed E-state index contributed by atoms with van der Waals surface area (Å²) in [5.41, 5.74) is 0.280. The molecule has 0 aliphatic rings. The molecule has 0 bridgehead atoms. The Kier molecular flexibility index (Phi) is 3.19. The van der Waals surface area contributed by atoms with Gasteiger partial charge >= 0.3 is 0 Å². The normalized spacial score (nSPS) is 10.1. The van der Waals surface area contributed by atoms with E-state index in [4.69, 9.17) is 5.26 Å². The highest BCUT2D eigenvalue weighted by Crippen LogP contribution is 2.23. The Morgan fingerprint density at radius 1 is 1.36 bits per heavy atom. The van der Waals surface area contributed by atoms with Crippen molar-refractivity contribution in [3.63, 3.8) is 0 Å². The molecule has 0 aromatic heterocycles. The zero-order valence-corrected chi connectivity index (χ0v) is 7.42. The van der Waals surface area contributed by atoms with E-state index in [1.54, 1.807) is 6.07 Å². The van der Waals surface area contributed by atoms with Gasteiger partial charge in [0.15, 0.2) is 17.4 Å². The van der Waals surface area contributed by atoms with E-state index in [1.165, 1.54) is 13.2 Å². The van der Waals surface area contributed by atoms with Crippen molar-refractivity contribution in [2.75, 3.05) is 7.11 Å². The second kappa shape index (κ2) is 4.38. The summed E-state index contributed by atoms with van der Waals surface area (Å²) in [5, 5.41) is 8.22. The Morgan fingerprint density at radius 3 is 2.36 bits per heavy atom. The molecule has 14 heavy (non-hydrogen) atoms. The van der Waals surface area contributed by atoms with Crippen LogP contribution in [-0.2, 0) is 0 Å². The summed E-state index contributed by atoms with van der Waals surface area (Å²) in [6, 6.07) is 3.91. The summed E-state index contributed by atoms with van der Waals surface area (Å²) in [4.78, 5) is 0. The molecule has 1 rings (SSSR count). The Bertz CT molecular complexity index is 384. The van der Waals surface area contributed by atoms with Gasteiger partial charge in [-0.1, -0.05) is 0 Å². The van der Waals surface area contributed by atoms with Crippen LogP contribution in [-0.4, -0.2) is 7.11 Å². The molecule has 0 saturated carbocycles. The lowest BCUT2D eigenvalue weighted by Crippen LogP contribution is -1.93. The SMILES string of the molecule is COc1c(F)cc(C=CC#N)cc1F. The highest BCUT2D eigenvalue weighted by molar-refractivity contribution is 5.53. The standard InChI is InChI=1S/C10H7F2NO/c1-14-10-8(11)5-7(3-2-4-13)6-9(10)12/h2-3,5-6H,1H3. The van der Waals surface area contributed by atoms with E-state index in [0.29, 0.717) is 0 Å². The molecule has 0 N–H and O–H groups in total. The van der Waals surface area contributed by atoms with Crippen LogP contribution in [0.1, 0.15) is 5.56 Å². The average molecular weight is 195 g/mol.